The number of thioether (sulfide) groups is 1. The van der Waals surface area contributed by atoms with Crippen molar-refractivity contribution in [3.8, 4) is 0 Å². The second-order valence-corrected chi connectivity index (χ2v) is 8.73. The van der Waals surface area contributed by atoms with Gasteiger partial charge in [0.05, 0.1) is 22.5 Å². The quantitative estimate of drug-likeness (QED) is 0.567. The zero-order valence-electron chi connectivity index (χ0n) is 16.6. The van der Waals surface area contributed by atoms with E-state index in [0.29, 0.717) is 0 Å². The molecule has 6 heteroatoms. The van der Waals surface area contributed by atoms with Crippen molar-refractivity contribution in [2.24, 2.45) is 0 Å². The molecule has 1 aliphatic carbocycles. The maximum absolute atomic E-state index is 13.9. The van der Waals surface area contributed by atoms with Gasteiger partial charge in [0.2, 0.25) is 5.91 Å². The third kappa shape index (κ3) is 4.04. The summed E-state index contributed by atoms with van der Waals surface area (Å²) in [4.78, 5) is 21.6. The highest BCUT2D eigenvalue weighted by Crippen LogP contribution is 2.42. The number of aromatic amines is 1. The average molecular weight is 412 g/mol. The topological polar surface area (TPSA) is 57.8 Å². The second kappa shape index (κ2) is 8.57. The molecule has 4 rings (SSSR count). The van der Waals surface area contributed by atoms with Crippen LogP contribution in [0.1, 0.15) is 49.5 Å². The predicted octanol–water partition coefficient (Wildman–Crippen LogP) is 5.12. The fourth-order valence-corrected chi connectivity index (χ4v) is 4.83. The third-order valence-corrected chi connectivity index (χ3v) is 6.57. The molecule has 1 aliphatic rings. The van der Waals surface area contributed by atoms with Gasteiger partial charge in [0, 0.05) is 0 Å². The van der Waals surface area contributed by atoms with Crippen molar-refractivity contribution in [2.75, 3.05) is 12.0 Å². The van der Waals surface area contributed by atoms with Crippen molar-refractivity contribution < 1.29 is 9.18 Å². The first kappa shape index (κ1) is 20.0. The molecule has 2 aromatic carbocycles. The molecule has 152 valence electrons. The van der Waals surface area contributed by atoms with Crippen molar-refractivity contribution >= 4 is 28.7 Å². The summed E-state index contributed by atoms with van der Waals surface area (Å²) in [6.07, 6.45) is 6.29. The van der Waals surface area contributed by atoms with Gasteiger partial charge in [0.15, 0.2) is 0 Å². The van der Waals surface area contributed by atoms with Crippen molar-refractivity contribution in [3.63, 3.8) is 0 Å². The Morgan fingerprint density at radius 3 is 2.76 bits per heavy atom. The normalized spacial score (nSPS) is 16.8. The van der Waals surface area contributed by atoms with E-state index < -0.39 is 5.41 Å². The number of aromatic nitrogens is 2. The molecule has 1 amide bonds. The van der Waals surface area contributed by atoms with Crippen LogP contribution in [0.2, 0.25) is 0 Å². The minimum absolute atomic E-state index is 0.0211. The number of nitrogens with one attached hydrogen (secondary N) is 2. The van der Waals surface area contributed by atoms with Gasteiger partial charge in [0.1, 0.15) is 11.6 Å². The van der Waals surface area contributed by atoms with Crippen LogP contribution < -0.4 is 5.32 Å². The molecular formula is C23H26FN3OS. The number of imidazole rings is 1. The molecule has 29 heavy (non-hydrogen) atoms. The van der Waals surface area contributed by atoms with E-state index in [1.54, 1.807) is 17.8 Å². The highest BCUT2D eigenvalue weighted by atomic mass is 32.2. The highest BCUT2D eigenvalue weighted by molar-refractivity contribution is 7.98. The summed E-state index contributed by atoms with van der Waals surface area (Å²) >= 11 is 1.75. The number of para-hydroxylation sites is 2. The molecule has 0 spiro atoms. The van der Waals surface area contributed by atoms with E-state index in [-0.39, 0.29) is 17.8 Å². The average Bonchev–Trinajstić information content (AvgIpc) is 3.38. The molecule has 1 atom stereocenters. The Morgan fingerprint density at radius 1 is 1.24 bits per heavy atom. The van der Waals surface area contributed by atoms with Crippen molar-refractivity contribution in [3.05, 3.63) is 65.7 Å². The summed E-state index contributed by atoms with van der Waals surface area (Å²) in [6.45, 7) is 0. The first-order valence-electron chi connectivity index (χ1n) is 10.1. The van der Waals surface area contributed by atoms with E-state index in [2.05, 4.69) is 16.6 Å². The van der Waals surface area contributed by atoms with Gasteiger partial charge in [0.25, 0.3) is 0 Å². The van der Waals surface area contributed by atoms with Crippen LogP contribution in [0.15, 0.2) is 48.5 Å². The molecule has 4 nitrogen and oxygen atoms in total. The molecule has 1 aromatic heterocycles. The Bertz CT molecular complexity index is 963. The number of H-pyrrole nitrogens is 1. The number of rotatable bonds is 7. The number of carbonyl (C=O) groups excluding carboxylic acids is 1. The van der Waals surface area contributed by atoms with Gasteiger partial charge in [-0.05, 0) is 61.1 Å². The van der Waals surface area contributed by atoms with Crippen LogP contribution in [-0.2, 0) is 10.2 Å². The number of halogens is 1. The Kier molecular flexibility index (Phi) is 5.90. The summed E-state index contributed by atoms with van der Waals surface area (Å²) in [5, 5.41) is 3.26. The van der Waals surface area contributed by atoms with E-state index >= 15 is 0 Å². The number of amides is 1. The number of benzene rings is 2. The molecule has 0 aliphatic heterocycles. The van der Waals surface area contributed by atoms with Crippen LogP contribution in [0.25, 0.3) is 11.0 Å². The lowest BCUT2D eigenvalue weighted by Gasteiger charge is -2.30. The minimum Gasteiger partial charge on any atom is -0.345 e. The second-order valence-electron chi connectivity index (χ2n) is 7.75. The first-order valence-corrected chi connectivity index (χ1v) is 11.5. The van der Waals surface area contributed by atoms with Crippen LogP contribution >= 0.6 is 11.8 Å². The smallest absolute Gasteiger partial charge is 0.231 e. The van der Waals surface area contributed by atoms with Crippen LogP contribution in [-0.4, -0.2) is 27.9 Å². The van der Waals surface area contributed by atoms with Crippen LogP contribution in [0.4, 0.5) is 4.39 Å². The number of carbonyl (C=O) groups is 1. The SMILES string of the molecule is CSCC[C@H](NC(=O)C1(c2cccc(F)c2)CCCC1)c1nc2ccccc2[nH]1. The fraction of sp³-hybridized carbons (Fsp3) is 0.391. The molecule has 0 radical (unpaired) electrons. The predicted molar refractivity (Wildman–Crippen MR) is 117 cm³/mol. The molecule has 2 N–H and O–H groups in total. The Morgan fingerprint density at radius 2 is 2.03 bits per heavy atom. The monoisotopic (exact) mass is 411 g/mol. The Labute approximate surface area is 174 Å². The van der Waals surface area contributed by atoms with Crippen molar-refractivity contribution in [2.45, 2.75) is 43.6 Å². The van der Waals surface area contributed by atoms with Gasteiger partial charge >= 0.3 is 0 Å². The Balaban J connectivity index is 1.64. The number of fused-ring (bicyclic) bond motifs is 1. The van der Waals surface area contributed by atoms with E-state index in [9.17, 15) is 9.18 Å². The van der Waals surface area contributed by atoms with E-state index in [0.717, 1.165) is 60.3 Å². The molecule has 0 saturated heterocycles. The zero-order valence-corrected chi connectivity index (χ0v) is 17.4. The lowest BCUT2D eigenvalue weighted by molar-refractivity contribution is -0.127. The number of hydrogen-bond acceptors (Lipinski definition) is 3. The van der Waals surface area contributed by atoms with E-state index in [1.165, 1.54) is 12.1 Å². The summed E-state index contributed by atoms with van der Waals surface area (Å²) < 4.78 is 13.9. The highest BCUT2D eigenvalue weighted by Gasteiger charge is 2.43. The zero-order chi connectivity index (χ0) is 20.3. The molecule has 1 fully saturated rings. The molecule has 0 bridgehead atoms. The number of hydrogen-bond donors (Lipinski definition) is 2. The molecule has 3 aromatic rings. The first-order chi connectivity index (χ1) is 14.1. The summed E-state index contributed by atoms with van der Waals surface area (Å²) in [5.74, 6) is 1.38. The van der Waals surface area contributed by atoms with Gasteiger partial charge < -0.3 is 10.3 Å². The summed E-state index contributed by atoms with van der Waals surface area (Å²) in [6, 6.07) is 14.2. The van der Waals surface area contributed by atoms with E-state index in [4.69, 9.17) is 4.98 Å². The maximum atomic E-state index is 13.9. The Hall–Kier alpha value is -2.34. The van der Waals surface area contributed by atoms with Crippen LogP contribution in [0, 0.1) is 5.82 Å². The molecule has 0 unspecified atom stereocenters. The minimum atomic E-state index is -0.661. The largest absolute Gasteiger partial charge is 0.345 e. The van der Waals surface area contributed by atoms with Gasteiger partial charge in [-0.1, -0.05) is 37.1 Å². The standard InChI is InChI=1S/C23H26FN3OS/c1-29-14-11-20(21-25-18-9-2-3-10-19(18)26-21)27-22(28)23(12-4-5-13-23)16-7-6-8-17(24)15-16/h2-3,6-10,15,20H,4-5,11-14H2,1H3,(H,25,26)(H,27,28)/t20-/m0/s1. The van der Waals surface area contributed by atoms with Crippen molar-refractivity contribution in [1.29, 1.82) is 0 Å². The van der Waals surface area contributed by atoms with E-state index in [1.807, 2.05) is 30.3 Å². The van der Waals surface area contributed by atoms with Crippen LogP contribution in [0.3, 0.4) is 0 Å². The lowest BCUT2D eigenvalue weighted by Crippen LogP contribution is -2.44. The maximum Gasteiger partial charge on any atom is 0.231 e. The molecule has 1 heterocycles. The molecule has 1 saturated carbocycles. The van der Waals surface area contributed by atoms with Gasteiger partial charge in [-0.2, -0.15) is 11.8 Å². The summed E-state index contributed by atoms with van der Waals surface area (Å²) in [5.41, 5.74) is 1.98. The molecular weight excluding hydrogens is 385 g/mol. The fourth-order valence-electron chi connectivity index (χ4n) is 4.36. The van der Waals surface area contributed by atoms with Gasteiger partial charge in [-0.3, -0.25) is 4.79 Å². The third-order valence-electron chi connectivity index (χ3n) is 5.92. The lowest BCUT2D eigenvalue weighted by atomic mass is 9.77. The van der Waals surface area contributed by atoms with Crippen LogP contribution in [0.5, 0.6) is 0 Å². The van der Waals surface area contributed by atoms with Gasteiger partial charge in [-0.25, -0.2) is 9.37 Å². The number of nitrogens with zero attached hydrogens (tertiary/aromatic N) is 1. The van der Waals surface area contributed by atoms with Crippen molar-refractivity contribution in [1.82, 2.24) is 15.3 Å². The summed E-state index contributed by atoms with van der Waals surface area (Å²) in [7, 11) is 0. The van der Waals surface area contributed by atoms with Gasteiger partial charge in [-0.15, -0.1) is 0 Å².